The Morgan fingerprint density at radius 2 is 0.977 bits per heavy atom. The van der Waals surface area contributed by atoms with Crippen molar-refractivity contribution in [2.24, 2.45) is 0 Å². The molecule has 0 radical (unpaired) electrons. The van der Waals surface area contributed by atoms with Crippen molar-refractivity contribution in [2.75, 3.05) is 11.5 Å². The average molecular weight is 675 g/mol. The van der Waals surface area contributed by atoms with Crippen molar-refractivity contribution in [3.8, 4) is 11.1 Å². The van der Waals surface area contributed by atoms with Crippen molar-refractivity contribution in [1.29, 1.82) is 0 Å². The first-order valence-corrected chi connectivity index (χ1v) is 16.3. The van der Waals surface area contributed by atoms with Crippen LogP contribution in [0.15, 0.2) is 138 Å². The van der Waals surface area contributed by atoms with Gasteiger partial charge in [0.05, 0.1) is 0 Å². The molecule has 0 aliphatic heterocycles. The van der Waals surface area contributed by atoms with Gasteiger partial charge < -0.3 is 21.5 Å². The van der Waals surface area contributed by atoms with Crippen LogP contribution < -0.4 is 16.9 Å². The van der Waals surface area contributed by atoms with Crippen molar-refractivity contribution in [2.45, 2.75) is 0 Å². The van der Waals surface area contributed by atoms with Crippen LogP contribution in [-0.2, 0) is 0 Å². The van der Waals surface area contributed by atoms with Gasteiger partial charge in [0.15, 0.2) is 0 Å². The summed E-state index contributed by atoms with van der Waals surface area (Å²) in [7, 11) is -1.42. The summed E-state index contributed by atoms with van der Waals surface area (Å²) in [5.74, 6) is 0. The van der Waals surface area contributed by atoms with Gasteiger partial charge in [-0.1, -0.05) is 88.7 Å². The van der Waals surface area contributed by atoms with Crippen LogP contribution in [0.5, 0.6) is 0 Å². The van der Waals surface area contributed by atoms with E-state index in [-0.39, 0.29) is 0 Å². The monoisotopic (exact) mass is 674 g/mol. The quantitative estimate of drug-likeness (QED) is 0.109. The molecule has 2 aromatic heterocycles. The van der Waals surface area contributed by atoms with Crippen molar-refractivity contribution in [3.63, 3.8) is 0 Å². The van der Waals surface area contributed by atoms with Gasteiger partial charge in [0, 0.05) is 50.8 Å². The molecule has 0 atom stereocenters. The third-order valence-electron chi connectivity index (χ3n) is 7.21. The van der Waals surface area contributed by atoms with Crippen molar-refractivity contribution in [1.82, 2.24) is 0 Å². The van der Waals surface area contributed by atoms with E-state index in [1.54, 1.807) is 17.4 Å². The molecule has 0 amide bonds. The lowest BCUT2D eigenvalue weighted by molar-refractivity contribution is 0.426. The van der Waals surface area contributed by atoms with Gasteiger partial charge in [-0.25, -0.2) is 0 Å². The van der Waals surface area contributed by atoms with Gasteiger partial charge >= 0.3 is 7.12 Å². The molecule has 0 aliphatic carbocycles. The van der Waals surface area contributed by atoms with E-state index in [0.29, 0.717) is 5.46 Å². The predicted molar refractivity (Wildman–Crippen MR) is 197 cm³/mol. The molecule has 0 spiro atoms. The van der Waals surface area contributed by atoms with E-state index in [1.165, 1.54) is 36.0 Å². The van der Waals surface area contributed by atoms with E-state index in [4.69, 9.17) is 11.5 Å². The number of anilines is 2. The van der Waals surface area contributed by atoms with Crippen molar-refractivity contribution >= 4 is 103 Å². The van der Waals surface area contributed by atoms with Gasteiger partial charge in [-0.05, 0) is 82.6 Å². The molecule has 6 N–H and O–H groups in total. The smallest absolute Gasteiger partial charge is 0.423 e. The summed E-state index contributed by atoms with van der Waals surface area (Å²) in [4.78, 5) is 0. The number of halogens is 1. The third-order valence-corrected chi connectivity index (χ3v) is 10.0. The Balaban J connectivity index is 0.000000128. The SMILES string of the molecule is Nc1ccc(-c2cccc3sc4ccccc4c23)cc1.Nc1ccc(Br)cc1.OB(O)c1cccc2sc3ccccc3c12. The molecule has 216 valence electrons. The van der Waals surface area contributed by atoms with Crippen LogP contribution in [-0.4, -0.2) is 17.2 Å². The highest BCUT2D eigenvalue weighted by atomic mass is 79.9. The minimum atomic E-state index is -1.42. The Hall–Kier alpha value is -4.18. The normalized spacial score (nSPS) is 10.8. The van der Waals surface area contributed by atoms with Gasteiger partial charge in [0.1, 0.15) is 0 Å². The summed E-state index contributed by atoms with van der Waals surface area (Å²) >= 11 is 6.81. The summed E-state index contributed by atoms with van der Waals surface area (Å²) in [6.45, 7) is 0. The van der Waals surface area contributed by atoms with E-state index in [1.807, 2.05) is 84.1 Å². The van der Waals surface area contributed by atoms with E-state index in [9.17, 15) is 10.0 Å². The molecule has 0 saturated heterocycles. The lowest BCUT2D eigenvalue weighted by atomic mass is 9.77. The minimum Gasteiger partial charge on any atom is -0.423 e. The number of nitrogens with two attached hydrogens (primary N) is 2. The van der Waals surface area contributed by atoms with Crippen molar-refractivity contribution < 1.29 is 10.0 Å². The topological polar surface area (TPSA) is 92.5 Å². The van der Waals surface area contributed by atoms with Crippen molar-refractivity contribution in [3.05, 3.63) is 138 Å². The highest BCUT2D eigenvalue weighted by molar-refractivity contribution is 9.10. The highest BCUT2D eigenvalue weighted by Gasteiger charge is 2.17. The molecule has 2 heterocycles. The van der Waals surface area contributed by atoms with Gasteiger partial charge in [0.2, 0.25) is 0 Å². The van der Waals surface area contributed by atoms with Gasteiger partial charge in [-0.15, -0.1) is 22.7 Å². The standard InChI is InChI=1S/C18H13NS.C12H9BO2S.C6H6BrN/c19-13-10-8-12(9-11-13)14-5-3-7-17-18(14)15-4-1-2-6-16(15)20-17;14-13(15)9-5-3-7-11-12(9)8-4-1-2-6-10(8)16-11;7-5-1-3-6(8)4-2-5/h1-11H,19H2;1-7,14-15H;1-4H,8H2. The summed E-state index contributed by atoms with van der Waals surface area (Å²) in [5, 5.41) is 23.4. The van der Waals surface area contributed by atoms with E-state index in [2.05, 4.69) is 70.5 Å². The Kier molecular flexibility index (Phi) is 8.98. The van der Waals surface area contributed by atoms with Crippen LogP contribution in [0, 0.1) is 0 Å². The van der Waals surface area contributed by atoms with Gasteiger partial charge in [-0.2, -0.15) is 0 Å². The Morgan fingerprint density at radius 3 is 1.55 bits per heavy atom. The number of fused-ring (bicyclic) bond motifs is 6. The first-order valence-electron chi connectivity index (χ1n) is 13.9. The fraction of sp³-hybridized carbons (Fsp3) is 0. The van der Waals surface area contributed by atoms with Gasteiger partial charge in [0.25, 0.3) is 0 Å². The van der Waals surface area contributed by atoms with Gasteiger partial charge in [-0.3, -0.25) is 0 Å². The Labute approximate surface area is 272 Å². The summed E-state index contributed by atoms with van der Waals surface area (Å²) in [5.41, 5.74) is 15.9. The molecular weight excluding hydrogens is 647 g/mol. The molecule has 8 aromatic rings. The summed E-state index contributed by atoms with van der Waals surface area (Å²) in [6.07, 6.45) is 0. The second kappa shape index (κ2) is 13.2. The third kappa shape index (κ3) is 6.36. The zero-order chi connectivity index (χ0) is 30.6. The molecular formula is C36H28BBrN2O2S2. The maximum absolute atomic E-state index is 9.36. The van der Waals surface area contributed by atoms with Crippen LogP contribution in [0.3, 0.4) is 0 Å². The molecule has 0 aliphatic rings. The lowest BCUT2D eigenvalue weighted by Gasteiger charge is -2.05. The lowest BCUT2D eigenvalue weighted by Crippen LogP contribution is -2.30. The molecule has 8 rings (SSSR count). The summed E-state index contributed by atoms with van der Waals surface area (Å²) in [6, 6.07) is 44.4. The van der Waals surface area contributed by atoms with Crippen LogP contribution in [0.2, 0.25) is 0 Å². The van der Waals surface area contributed by atoms with Crippen LogP contribution in [0.25, 0.3) is 51.5 Å². The number of hydrogen-bond acceptors (Lipinski definition) is 6. The second-order valence-corrected chi connectivity index (χ2v) is 13.2. The van der Waals surface area contributed by atoms with E-state index in [0.717, 1.165) is 31.3 Å². The van der Waals surface area contributed by atoms with E-state index < -0.39 is 7.12 Å². The maximum atomic E-state index is 9.36. The summed E-state index contributed by atoms with van der Waals surface area (Å²) < 4.78 is 6.00. The predicted octanol–water partition coefficient (Wildman–Crippen LogP) is 9.07. The maximum Gasteiger partial charge on any atom is 0.489 e. The minimum absolute atomic E-state index is 0.579. The fourth-order valence-corrected chi connectivity index (χ4v) is 7.69. The number of rotatable bonds is 2. The van der Waals surface area contributed by atoms with Crippen LogP contribution in [0.1, 0.15) is 0 Å². The Bertz CT molecular complexity index is 2170. The molecule has 6 aromatic carbocycles. The molecule has 0 bridgehead atoms. The first-order chi connectivity index (χ1) is 21.4. The molecule has 44 heavy (non-hydrogen) atoms. The Morgan fingerprint density at radius 1 is 0.500 bits per heavy atom. The second-order valence-electron chi connectivity index (χ2n) is 10.1. The number of hydrogen-bond donors (Lipinski definition) is 4. The number of benzene rings is 6. The van der Waals surface area contributed by atoms with E-state index >= 15 is 0 Å². The zero-order valence-corrected chi connectivity index (χ0v) is 26.7. The molecule has 0 saturated carbocycles. The fourth-order valence-electron chi connectivity index (χ4n) is 5.16. The molecule has 8 heteroatoms. The number of nitrogen functional groups attached to an aromatic ring is 2. The zero-order valence-electron chi connectivity index (χ0n) is 23.5. The molecule has 4 nitrogen and oxygen atoms in total. The van der Waals surface area contributed by atoms with Crippen LogP contribution >= 0.6 is 38.6 Å². The largest absolute Gasteiger partial charge is 0.489 e. The highest BCUT2D eigenvalue weighted by Crippen LogP contribution is 2.39. The first kappa shape index (κ1) is 29.9. The van der Waals surface area contributed by atoms with Crippen LogP contribution in [0.4, 0.5) is 11.4 Å². The number of thiophene rings is 2. The average Bonchev–Trinajstić information content (AvgIpc) is 3.62. The molecule has 0 fully saturated rings. The molecule has 0 unspecified atom stereocenters.